The van der Waals surface area contributed by atoms with E-state index in [0.717, 1.165) is 22.2 Å². The molecule has 0 saturated heterocycles. The first-order valence-corrected chi connectivity index (χ1v) is 8.01. The van der Waals surface area contributed by atoms with Crippen LogP contribution >= 0.6 is 11.8 Å². The fraction of sp³-hybridized carbons (Fsp3) is 0.167. The number of rotatable bonds is 4. The first-order valence-electron chi connectivity index (χ1n) is 7.03. The van der Waals surface area contributed by atoms with Crippen LogP contribution in [0, 0.1) is 6.92 Å². The molecule has 0 aliphatic carbocycles. The number of hydrogen-bond donors (Lipinski definition) is 1. The van der Waals surface area contributed by atoms with Crippen LogP contribution in [0.5, 0.6) is 0 Å². The Morgan fingerprint density at radius 1 is 1.10 bits per heavy atom. The Hall–Kier alpha value is -1.84. The monoisotopic (exact) mass is 294 g/mol. The molecule has 0 fully saturated rings. The van der Waals surface area contributed by atoms with E-state index in [-0.39, 0.29) is 6.04 Å². The van der Waals surface area contributed by atoms with E-state index in [9.17, 15) is 0 Å². The molecular weight excluding hydrogens is 276 g/mol. The normalized spacial score (nSPS) is 12.5. The lowest BCUT2D eigenvalue weighted by atomic mass is 10.1. The Bertz CT molecular complexity index is 755. The topological polar surface area (TPSA) is 38.9 Å². The lowest BCUT2D eigenvalue weighted by Gasteiger charge is -2.13. The van der Waals surface area contributed by atoms with Gasteiger partial charge in [0.25, 0.3) is 0 Å². The zero-order valence-electron chi connectivity index (χ0n) is 12.0. The summed E-state index contributed by atoms with van der Waals surface area (Å²) in [6.07, 6.45) is 1.82. The Kier molecular flexibility index (Phi) is 4.23. The number of nitrogens with two attached hydrogens (primary N) is 1. The largest absolute Gasteiger partial charge is 0.323 e. The zero-order chi connectivity index (χ0) is 14.7. The molecule has 2 aromatic carbocycles. The number of thioether (sulfide) groups is 1. The highest BCUT2D eigenvalue weighted by Gasteiger charge is 2.08. The number of hydrogen-bond acceptors (Lipinski definition) is 3. The van der Waals surface area contributed by atoms with Crippen LogP contribution < -0.4 is 5.73 Å². The van der Waals surface area contributed by atoms with Crippen LogP contribution in [0.1, 0.15) is 17.2 Å². The summed E-state index contributed by atoms with van der Waals surface area (Å²) in [6.45, 7) is 2.13. The van der Waals surface area contributed by atoms with Crippen molar-refractivity contribution in [2.45, 2.75) is 17.9 Å². The van der Waals surface area contributed by atoms with Gasteiger partial charge in [-0.25, -0.2) is 0 Å². The molecule has 1 heterocycles. The molecule has 0 aliphatic heterocycles. The maximum Gasteiger partial charge on any atom is 0.0705 e. The Labute approximate surface area is 129 Å². The lowest BCUT2D eigenvalue weighted by molar-refractivity contribution is 0.832. The zero-order valence-corrected chi connectivity index (χ0v) is 12.8. The van der Waals surface area contributed by atoms with E-state index in [1.165, 1.54) is 10.5 Å². The van der Waals surface area contributed by atoms with Crippen molar-refractivity contribution < 1.29 is 0 Å². The van der Waals surface area contributed by atoms with Gasteiger partial charge in [-0.15, -0.1) is 11.8 Å². The van der Waals surface area contributed by atoms with Gasteiger partial charge in [-0.2, -0.15) is 0 Å². The summed E-state index contributed by atoms with van der Waals surface area (Å²) in [5.74, 6) is 0.864. The molecule has 3 heteroatoms. The molecule has 106 valence electrons. The van der Waals surface area contributed by atoms with Crippen LogP contribution in [-0.4, -0.2) is 10.7 Å². The summed E-state index contributed by atoms with van der Waals surface area (Å²) < 4.78 is 0. The quantitative estimate of drug-likeness (QED) is 0.728. The van der Waals surface area contributed by atoms with Crippen molar-refractivity contribution in [3.8, 4) is 0 Å². The minimum Gasteiger partial charge on any atom is -0.323 e. The highest BCUT2D eigenvalue weighted by Crippen LogP contribution is 2.27. The van der Waals surface area contributed by atoms with Crippen molar-refractivity contribution >= 4 is 22.7 Å². The molecular formula is C18H18N2S. The molecule has 1 atom stereocenters. The fourth-order valence-electron chi connectivity index (χ4n) is 2.31. The second kappa shape index (κ2) is 6.29. The third kappa shape index (κ3) is 3.26. The molecule has 3 rings (SSSR count). The second-order valence-corrected chi connectivity index (χ2v) is 6.20. The third-order valence-corrected chi connectivity index (χ3v) is 4.86. The van der Waals surface area contributed by atoms with Crippen molar-refractivity contribution in [2.75, 3.05) is 5.75 Å². The predicted molar refractivity (Wildman–Crippen MR) is 90.6 cm³/mol. The van der Waals surface area contributed by atoms with Crippen LogP contribution in [0.4, 0.5) is 0 Å². The van der Waals surface area contributed by atoms with E-state index in [1.54, 1.807) is 0 Å². The highest BCUT2D eigenvalue weighted by molar-refractivity contribution is 7.99. The van der Waals surface area contributed by atoms with Crippen molar-refractivity contribution in [3.63, 3.8) is 0 Å². The molecule has 0 amide bonds. The van der Waals surface area contributed by atoms with Gasteiger partial charge in [0.15, 0.2) is 0 Å². The molecule has 0 spiro atoms. The van der Waals surface area contributed by atoms with Gasteiger partial charge in [-0.05, 0) is 36.2 Å². The Balaban J connectivity index is 1.75. The average Bonchev–Trinajstić information content (AvgIpc) is 2.53. The number of fused-ring (bicyclic) bond motifs is 1. The van der Waals surface area contributed by atoms with Gasteiger partial charge in [0.1, 0.15) is 0 Å². The van der Waals surface area contributed by atoms with Gasteiger partial charge in [0.05, 0.1) is 5.52 Å². The molecule has 1 unspecified atom stereocenters. The summed E-state index contributed by atoms with van der Waals surface area (Å²) in [5.41, 5.74) is 9.78. The number of aromatic nitrogens is 1. The molecule has 2 nitrogen and oxygen atoms in total. The van der Waals surface area contributed by atoms with Gasteiger partial charge in [-0.1, -0.05) is 36.4 Å². The SMILES string of the molecule is Cc1ccccc1SCC(N)c1ccc2cccnc2c1. The molecule has 2 N–H and O–H groups in total. The molecule has 0 bridgehead atoms. The van der Waals surface area contributed by atoms with Gasteiger partial charge in [0, 0.05) is 28.3 Å². The summed E-state index contributed by atoms with van der Waals surface area (Å²) in [7, 11) is 0. The minimum atomic E-state index is 0.0148. The smallest absolute Gasteiger partial charge is 0.0705 e. The first kappa shape index (κ1) is 14.1. The van der Waals surface area contributed by atoms with E-state index in [0.29, 0.717) is 0 Å². The molecule has 0 saturated carbocycles. The van der Waals surface area contributed by atoms with Gasteiger partial charge < -0.3 is 5.73 Å². The standard InChI is InChI=1S/C18H18N2S/c1-13-5-2-3-7-18(13)21-12-16(19)15-9-8-14-6-4-10-20-17(14)11-15/h2-11,16H,12,19H2,1H3. The maximum absolute atomic E-state index is 6.34. The van der Waals surface area contributed by atoms with Crippen molar-refractivity contribution in [2.24, 2.45) is 5.73 Å². The number of nitrogens with zero attached hydrogens (tertiary/aromatic N) is 1. The Morgan fingerprint density at radius 3 is 2.81 bits per heavy atom. The maximum atomic E-state index is 6.34. The van der Waals surface area contributed by atoms with E-state index in [2.05, 4.69) is 60.4 Å². The lowest BCUT2D eigenvalue weighted by Crippen LogP contribution is -2.13. The van der Waals surface area contributed by atoms with E-state index in [4.69, 9.17) is 5.73 Å². The van der Waals surface area contributed by atoms with Gasteiger partial charge in [-0.3, -0.25) is 4.98 Å². The summed E-state index contributed by atoms with van der Waals surface area (Å²) in [5, 5.41) is 1.15. The van der Waals surface area contributed by atoms with Gasteiger partial charge >= 0.3 is 0 Å². The molecule has 3 aromatic rings. The minimum absolute atomic E-state index is 0.0148. The third-order valence-electron chi connectivity index (χ3n) is 3.57. The average molecular weight is 294 g/mol. The van der Waals surface area contributed by atoms with E-state index >= 15 is 0 Å². The Morgan fingerprint density at radius 2 is 1.95 bits per heavy atom. The second-order valence-electron chi connectivity index (χ2n) is 5.14. The molecule has 0 aliphatic rings. The van der Waals surface area contributed by atoms with E-state index < -0.39 is 0 Å². The van der Waals surface area contributed by atoms with Crippen LogP contribution in [-0.2, 0) is 0 Å². The van der Waals surface area contributed by atoms with Crippen molar-refractivity contribution in [3.05, 3.63) is 71.9 Å². The van der Waals surface area contributed by atoms with Crippen LogP contribution in [0.25, 0.3) is 10.9 Å². The summed E-state index contributed by atoms with van der Waals surface area (Å²) >= 11 is 1.81. The van der Waals surface area contributed by atoms with Crippen LogP contribution in [0.2, 0.25) is 0 Å². The van der Waals surface area contributed by atoms with Crippen LogP contribution in [0.3, 0.4) is 0 Å². The summed E-state index contributed by atoms with van der Waals surface area (Å²) in [6, 6.07) is 18.7. The predicted octanol–water partition coefficient (Wildman–Crippen LogP) is 4.34. The van der Waals surface area contributed by atoms with Crippen LogP contribution in [0.15, 0.2) is 65.7 Å². The fourth-order valence-corrected chi connectivity index (χ4v) is 3.33. The number of pyridine rings is 1. The first-order chi connectivity index (χ1) is 10.2. The number of aryl methyl sites for hydroxylation is 1. The molecule has 21 heavy (non-hydrogen) atoms. The van der Waals surface area contributed by atoms with Crippen molar-refractivity contribution in [1.29, 1.82) is 0 Å². The summed E-state index contributed by atoms with van der Waals surface area (Å²) in [4.78, 5) is 5.69. The number of benzene rings is 2. The highest BCUT2D eigenvalue weighted by atomic mass is 32.2. The van der Waals surface area contributed by atoms with E-state index in [1.807, 2.05) is 24.0 Å². The van der Waals surface area contributed by atoms with Crippen molar-refractivity contribution in [1.82, 2.24) is 4.98 Å². The van der Waals surface area contributed by atoms with Gasteiger partial charge in [0.2, 0.25) is 0 Å². The molecule has 1 aromatic heterocycles. The molecule has 0 radical (unpaired) electrons.